The summed E-state index contributed by atoms with van der Waals surface area (Å²) >= 11 is 2.12. The summed E-state index contributed by atoms with van der Waals surface area (Å²) in [6, 6.07) is 1.73. The molecule has 2 aliphatic heterocycles. The Kier molecular flexibility index (Phi) is 10.6. The van der Waals surface area contributed by atoms with Gasteiger partial charge in [0.25, 0.3) is 17.8 Å². The largest absolute Gasteiger partial charge is 0.480 e. The number of esters is 2. The van der Waals surface area contributed by atoms with E-state index >= 15 is 0 Å². The third kappa shape index (κ3) is 8.13. The van der Waals surface area contributed by atoms with Gasteiger partial charge in [-0.2, -0.15) is 4.98 Å². The molecule has 0 radical (unpaired) electrons. The minimum atomic E-state index is -1.41. The number of rotatable bonds is 13. The highest BCUT2D eigenvalue weighted by atomic mass is 32.2. The van der Waals surface area contributed by atoms with Gasteiger partial charge in [0.2, 0.25) is 5.16 Å². The third-order valence-corrected chi connectivity index (χ3v) is 8.97. The van der Waals surface area contributed by atoms with Crippen molar-refractivity contribution in [1.29, 1.82) is 0 Å². The number of ether oxygens (including phenoxy) is 2. The van der Waals surface area contributed by atoms with Crippen LogP contribution in [0.5, 0.6) is 11.5 Å². The molecule has 0 bridgehead atoms. The fourth-order valence-electron chi connectivity index (χ4n) is 4.53. The molecule has 4 heterocycles. The highest BCUT2D eigenvalue weighted by Crippen LogP contribution is 2.41. The zero-order chi connectivity index (χ0) is 37.0. The predicted octanol–water partition coefficient (Wildman–Crippen LogP) is -0.729. The number of thioether (sulfide) groups is 2. The highest BCUT2D eigenvalue weighted by molar-refractivity contribution is 8.01. The lowest BCUT2D eigenvalue weighted by molar-refractivity contribution is -0.150. The van der Waals surface area contributed by atoms with Gasteiger partial charge >= 0.3 is 29.8 Å². The molecule has 0 unspecified atom stereocenters. The van der Waals surface area contributed by atoms with Crippen molar-refractivity contribution in [3.05, 3.63) is 47.0 Å². The number of anilines is 1. The topological polar surface area (TPSA) is 311 Å². The van der Waals surface area contributed by atoms with Crippen molar-refractivity contribution in [2.45, 2.75) is 37.0 Å². The average Bonchev–Trinajstić information content (AvgIpc) is 3.70. The lowest BCUT2D eigenvalue weighted by atomic mass is 10.0. The zero-order valence-corrected chi connectivity index (χ0v) is 27.6. The number of nitrogens with one attached hydrogen (secondary N) is 1. The number of oxime groups is 1. The van der Waals surface area contributed by atoms with E-state index in [-0.39, 0.29) is 51.1 Å². The number of carbonyl (C=O) groups excluding carboxylic acids is 5. The minimum absolute atomic E-state index is 0.00670. The molecule has 266 valence electrons. The molecule has 24 heteroatoms. The average molecular weight is 746 g/mol. The number of nitrogens with zero attached hydrogens (tertiary/aromatic N) is 7. The van der Waals surface area contributed by atoms with Crippen LogP contribution in [0.25, 0.3) is 0 Å². The lowest BCUT2D eigenvalue weighted by Crippen LogP contribution is -2.71. The van der Waals surface area contributed by atoms with Crippen molar-refractivity contribution in [3.8, 4) is 11.5 Å². The molecule has 5 N–H and O–H groups in total. The Labute approximate surface area is 292 Å². The van der Waals surface area contributed by atoms with E-state index in [0.717, 1.165) is 71.4 Å². The molecule has 0 saturated carbocycles. The molecular formula is C27H23N9O13S2. The molecule has 2 aromatic heterocycles. The van der Waals surface area contributed by atoms with E-state index < -0.39 is 65.3 Å². The molecule has 1 saturated heterocycles. The maximum absolute atomic E-state index is 13.4. The highest BCUT2D eigenvalue weighted by Gasteiger charge is 2.54. The number of oxazole rings is 1. The summed E-state index contributed by atoms with van der Waals surface area (Å²) < 4.78 is 15.9. The van der Waals surface area contributed by atoms with Crippen LogP contribution >= 0.6 is 23.5 Å². The second-order valence-electron chi connectivity index (χ2n) is 10.2. The molecule has 1 aromatic carbocycles. The van der Waals surface area contributed by atoms with Crippen LogP contribution in [-0.4, -0.2) is 111 Å². The molecular weight excluding hydrogens is 722 g/mol. The van der Waals surface area contributed by atoms with E-state index in [0.29, 0.717) is 5.57 Å². The van der Waals surface area contributed by atoms with Crippen LogP contribution in [0.4, 0.5) is 6.01 Å². The number of nitrogens with two attached hydrogens (primary N) is 1. The third-order valence-electron chi connectivity index (χ3n) is 6.58. The van der Waals surface area contributed by atoms with Crippen molar-refractivity contribution >= 4 is 76.9 Å². The Morgan fingerprint density at radius 1 is 1.14 bits per heavy atom. The Bertz CT molecular complexity index is 2020. The Morgan fingerprint density at radius 3 is 2.51 bits per heavy atom. The number of amides is 2. The summed E-state index contributed by atoms with van der Waals surface area (Å²) in [6.07, 6.45) is 0.931. The van der Waals surface area contributed by atoms with E-state index in [1.807, 2.05) is 0 Å². The number of tetrazole rings is 1. The smallest absolute Gasteiger partial charge is 0.365 e. The zero-order valence-electron chi connectivity index (χ0n) is 26.0. The van der Waals surface area contributed by atoms with Crippen molar-refractivity contribution in [2.75, 3.05) is 17.2 Å². The standard InChI is InChI=1S/C27H23N9O13S2/c1-10(37)47-15-4-3-12(5-16(15)48-11(2)38)25(45)49-32-18(14-7-46-26(28)29-14)21(41)30-19-22(42)36-20(24(43)44)13(8-50-23(19)36)9-51-27-31-33-34-35(27)6-17(39)40/h3-5,7,19,23H,6,8-9H2,1-2H3,(H2,28,29)(H,30,41)(H,39,40)(H,43,44)/b32-18-/t19-,23-/m1/s1. The van der Waals surface area contributed by atoms with Crippen LogP contribution in [0, 0.1) is 0 Å². The van der Waals surface area contributed by atoms with E-state index in [1.165, 1.54) is 0 Å². The Balaban J connectivity index is 1.32. The molecule has 22 nitrogen and oxygen atoms in total. The fourth-order valence-corrected chi connectivity index (χ4v) is 6.89. The summed E-state index contributed by atoms with van der Waals surface area (Å²) in [7, 11) is 0. The Hall–Kier alpha value is -6.30. The number of aromatic nitrogens is 5. The first-order valence-corrected chi connectivity index (χ1v) is 16.1. The van der Waals surface area contributed by atoms with Crippen molar-refractivity contribution in [3.63, 3.8) is 0 Å². The van der Waals surface area contributed by atoms with Gasteiger partial charge in [-0.25, -0.2) is 14.3 Å². The van der Waals surface area contributed by atoms with Gasteiger partial charge in [-0.1, -0.05) is 16.9 Å². The van der Waals surface area contributed by atoms with Crippen LogP contribution in [-0.2, 0) is 40.1 Å². The predicted molar refractivity (Wildman–Crippen MR) is 168 cm³/mol. The van der Waals surface area contributed by atoms with Gasteiger partial charge in [-0.05, 0) is 34.2 Å². The monoisotopic (exact) mass is 745 g/mol. The second-order valence-corrected chi connectivity index (χ2v) is 12.2. The SMILES string of the molecule is CC(=O)Oc1ccc(C(=O)O/N=C(\C(=O)N[C@@H]2C(=O)N3C(C(=O)O)=C(CSc4nnnn4CC(=O)O)CS[C@H]23)c2coc(N)n2)cc1OC(C)=O. The molecule has 1 fully saturated rings. The summed E-state index contributed by atoms with van der Waals surface area (Å²) in [6.45, 7) is 1.67. The van der Waals surface area contributed by atoms with Gasteiger partial charge in [0.15, 0.2) is 17.2 Å². The van der Waals surface area contributed by atoms with Gasteiger partial charge in [-0.3, -0.25) is 28.9 Å². The molecule has 2 atom stereocenters. The quantitative estimate of drug-likeness (QED) is 0.0319. The summed E-state index contributed by atoms with van der Waals surface area (Å²) in [5.41, 5.74) is 4.36. The molecule has 5 rings (SSSR count). The van der Waals surface area contributed by atoms with Gasteiger partial charge < -0.3 is 40.0 Å². The second kappa shape index (κ2) is 15.1. The number of benzene rings is 1. The number of nitrogen functional groups attached to an aromatic ring is 1. The van der Waals surface area contributed by atoms with Crippen LogP contribution < -0.4 is 20.5 Å². The van der Waals surface area contributed by atoms with Crippen molar-refractivity contribution in [2.24, 2.45) is 5.16 Å². The van der Waals surface area contributed by atoms with Gasteiger partial charge in [0.05, 0.1) is 5.56 Å². The summed E-state index contributed by atoms with van der Waals surface area (Å²) in [5, 5.41) is 35.1. The van der Waals surface area contributed by atoms with Crippen LogP contribution in [0.1, 0.15) is 29.9 Å². The molecule has 2 aliphatic rings. The maximum atomic E-state index is 13.4. The first kappa shape index (κ1) is 36.0. The van der Waals surface area contributed by atoms with Crippen molar-refractivity contribution < 1.29 is 62.5 Å². The maximum Gasteiger partial charge on any atom is 0.365 e. The van der Waals surface area contributed by atoms with E-state index in [2.05, 4.69) is 31.0 Å². The molecule has 0 aliphatic carbocycles. The fraction of sp³-hybridized carbons (Fsp3) is 0.259. The summed E-state index contributed by atoms with van der Waals surface area (Å²) in [5.74, 6) is -7.47. The molecule has 51 heavy (non-hydrogen) atoms. The first-order chi connectivity index (χ1) is 24.2. The number of fused-ring (bicyclic) bond motifs is 1. The number of aliphatic carboxylic acids is 2. The number of carbonyl (C=O) groups is 7. The Morgan fingerprint density at radius 2 is 1.86 bits per heavy atom. The summed E-state index contributed by atoms with van der Waals surface area (Å²) in [4.78, 5) is 95.6. The molecule has 2 amide bonds. The van der Waals surface area contributed by atoms with Crippen LogP contribution in [0.3, 0.4) is 0 Å². The van der Waals surface area contributed by atoms with Gasteiger partial charge in [0, 0.05) is 25.4 Å². The van der Waals surface area contributed by atoms with Crippen molar-refractivity contribution in [1.82, 2.24) is 35.4 Å². The number of hydrogen-bond donors (Lipinski definition) is 4. The van der Waals surface area contributed by atoms with Gasteiger partial charge in [0.1, 0.15) is 35.6 Å². The molecule has 3 aromatic rings. The molecule has 0 spiro atoms. The minimum Gasteiger partial charge on any atom is -0.480 e. The van der Waals surface area contributed by atoms with E-state index in [4.69, 9.17) is 29.6 Å². The normalized spacial score (nSPS) is 16.9. The van der Waals surface area contributed by atoms with E-state index in [9.17, 15) is 38.7 Å². The number of β-lactam (4-membered cyclic amide) rings is 1. The lowest BCUT2D eigenvalue weighted by Gasteiger charge is -2.49. The number of carboxylic acid groups (broad SMARTS) is 2. The van der Waals surface area contributed by atoms with Gasteiger partial charge in [-0.15, -0.1) is 16.9 Å². The van der Waals surface area contributed by atoms with Crippen LogP contribution in [0.15, 0.2) is 50.5 Å². The van der Waals surface area contributed by atoms with E-state index in [1.54, 1.807) is 0 Å². The van der Waals surface area contributed by atoms with Crippen LogP contribution in [0.2, 0.25) is 0 Å². The number of carboxylic acids is 2. The number of hydrogen-bond acceptors (Lipinski definition) is 19. The first-order valence-electron chi connectivity index (χ1n) is 14.1.